The molecule has 0 bridgehead atoms. The molecule has 0 radical (unpaired) electrons. The van der Waals surface area contributed by atoms with Gasteiger partial charge in [-0.1, -0.05) is 6.07 Å². The second-order valence-corrected chi connectivity index (χ2v) is 8.38. The molecule has 2 aliphatic heterocycles. The summed E-state index contributed by atoms with van der Waals surface area (Å²) in [6.07, 6.45) is 3.99. The first-order valence-electron chi connectivity index (χ1n) is 8.16. The highest BCUT2D eigenvalue weighted by atomic mass is 32.2. The summed E-state index contributed by atoms with van der Waals surface area (Å²) in [6, 6.07) is 7.63. The smallest absolute Gasteiger partial charge is 0.243 e. The molecule has 122 valence electrons. The van der Waals surface area contributed by atoms with Gasteiger partial charge in [0.2, 0.25) is 10.0 Å². The molecule has 3 heterocycles. The Kier molecular flexibility index (Phi) is 3.63. The summed E-state index contributed by atoms with van der Waals surface area (Å²) in [6.45, 7) is 5.09. The van der Waals surface area contributed by atoms with Crippen LogP contribution in [0.5, 0.6) is 0 Å². The molecule has 23 heavy (non-hydrogen) atoms. The topological polar surface area (TPSA) is 53.5 Å². The highest BCUT2D eigenvalue weighted by molar-refractivity contribution is 7.89. The van der Waals surface area contributed by atoms with E-state index < -0.39 is 10.0 Å². The number of hydrogen-bond acceptors (Lipinski definition) is 4. The minimum Gasteiger partial charge on any atom is -0.298 e. The number of piperazine rings is 1. The number of sulfonamides is 1. The average Bonchev–Trinajstić information content (AvgIpc) is 3.03. The Hall–Kier alpha value is -1.50. The van der Waals surface area contributed by atoms with E-state index in [9.17, 15) is 8.42 Å². The van der Waals surface area contributed by atoms with Gasteiger partial charge >= 0.3 is 0 Å². The van der Waals surface area contributed by atoms with Crippen LogP contribution in [0.25, 0.3) is 10.9 Å². The third-order valence-corrected chi connectivity index (χ3v) is 7.02. The van der Waals surface area contributed by atoms with Gasteiger partial charge in [-0.25, -0.2) is 8.42 Å². The maximum atomic E-state index is 13.2. The summed E-state index contributed by atoms with van der Waals surface area (Å²) < 4.78 is 28.0. The molecule has 0 N–H and O–H groups in total. The SMILES string of the molecule is Cc1ccc(S(=O)(=O)N2CCN3CCC[C@H]3C2)c2cccnc12. The third kappa shape index (κ3) is 2.45. The predicted molar refractivity (Wildman–Crippen MR) is 89.8 cm³/mol. The van der Waals surface area contributed by atoms with Gasteiger partial charge in [-0.3, -0.25) is 9.88 Å². The molecule has 2 saturated heterocycles. The molecule has 2 fully saturated rings. The second-order valence-electron chi connectivity index (χ2n) is 6.48. The van der Waals surface area contributed by atoms with Crippen molar-refractivity contribution < 1.29 is 8.42 Å². The lowest BCUT2D eigenvalue weighted by molar-refractivity contribution is 0.158. The van der Waals surface area contributed by atoms with Crippen molar-refractivity contribution in [3.05, 3.63) is 36.0 Å². The zero-order chi connectivity index (χ0) is 16.0. The van der Waals surface area contributed by atoms with Crippen LogP contribution >= 0.6 is 0 Å². The van der Waals surface area contributed by atoms with E-state index in [2.05, 4.69) is 9.88 Å². The van der Waals surface area contributed by atoms with Crippen molar-refractivity contribution in [2.24, 2.45) is 0 Å². The Morgan fingerprint density at radius 1 is 1.17 bits per heavy atom. The number of aryl methyl sites for hydroxylation is 1. The number of hydrogen-bond donors (Lipinski definition) is 0. The van der Waals surface area contributed by atoms with Gasteiger partial charge in [0.1, 0.15) is 0 Å². The van der Waals surface area contributed by atoms with Crippen LogP contribution in [0.4, 0.5) is 0 Å². The summed E-state index contributed by atoms with van der Waals surface area (Å²) in [7, 11) is -3.48. The first kappa shape index (κ1) is 15.1. The molecule has 0 amide bonds. The fourth-order valence-corrected chi connectivity index (χ4v) is 5.48. The van der Waals surface area contributed by atoms with E-state index in [-0.39, 0.29) is 0 Å². The molecule has 5 nitrogen and oxygen atoms in total. The van der Waals surface area contributed by atoms with Crippen molar-refractivity contribution in [1.29, 1.82) is 0 Å². The normalized spacial score (nSPS) is 23.3. The minimum absolute atomic E-state index is 0.383. The maximum Gasteiger partial charge on any atom is 0.243 e. The van der Waals surface area contributed by atoms with Crippen molar-refractivity contribution in [2.45, 2.75) is 30.7 Å². The first-order chi connectivity index (χ1) is 11.1. The Morgan fingerprint density at radius 3 is 2.91 bits per heavy atom. The van der Waals surface area contributed by atoms with Crippen molar-refractivity contribution in [3.8, 4) is 0 Å². The van der Waals surface area contributed by atoms with E-state index in [1.165, 1.54) is 6.42 Å². The van der Waals surface area contributed by atoms with Crippen LogP contribution in [-0.2, 0) is 10.0 Å². The van der Waals surface area contributed by atoms with Crippen LogP contribution in [0.3, 0.4) is 0 Å². The van der Waals surface area contributed by atoms with E-state index in [0.717, 1.165) is 36.0 Å². The summed E-state index contributed by atoms with van der Waals surface area (Å²) in [5.74, 6) is 0. The Balaban J connectivity index is 1.76. The lowest BCUT2D eigenvalue weighted by Crippen LogP contribution is -2.51. The Bertz CT molecular complexity index is 850. The number of rotatable bonds is 2. The minimum atomic E-state index is -3.48. The lowest BCUT2D eigenvalue weighted by atomic mass is 10.1. The monoisotopic (exact) mass is 331 g/mol. The van der Waals surface area contributed by atoms with Crippen LogP contribution in [0.1, 0.15) is 18.4 Å². The molecule has 2 aliphatic rings. The van der Waals surface area contributed by atoms with Crippen LogP contribution in [0, 0.1) is 6.92 Å². The molecule has 0 aliphatic carbocycles. The average molecular weight is 331 g/mol. The van der Waals surface area contributed by atoms with Crippen molar-refractivity contribution in [2.75, 3.05) is 26.2 Å². The standard InChI is InChI=1S/C17H21N3O2S/c1-13-6-7-16(15-5-2-8-18-17(13)15)23(21,22)20-11-10-19-9-3-4-14(19)12-20/h2,5-8,14H,3-4,9-12H2,1H3/t14-/m0/s1. The maximum absolute atomic E-state index is 13.2. The number of nitrogens with zero attached hydrogens (tertiary/aromatic N) is 3. The quantitative estimate of drug-likeness (QED) is 0.845. The zero-order valence-corrected chi connectivity index (χ0v) is 14.1. The van der Waals surface area contributed by atoms with Crippen molar-refractivity contribution in [3.63, 3.8) is 0 Å². The molecule has 6 heteroatoms. The molecule has 2 aromatic rings. The number of fused-ring (bicyclic) bond motifs is 2. The Labute approximate surface area is 137 Å². The largest absolute Gasteiger partial charge is 0.298 e. The van der Waals surface area contributed by atoms with E-state index in [1.807, 2.05) is 19.1 Å². The number of pyridine rings is 1. The molecule has 1 atom stereocenters. The highest BCUT2D eigenvalue weighted by Crippen LogP contribution is 2.30. The van der Waals surface area contributed by atoms with Gasteiger partial charge in [-0.05, 0) is 50.1 Å². The summed E-state index contributed by atoms with van der Waals surface area (Å²) >= 11 is 0. The fraction of sp³-hybridized carbons (Fsp3) is 0.471. The fourth-order valence-electron chi connectivity index (χ4n) is 3.83. The van der Waals surface area contributed by atoms with E-state index in [1.54, 1.807) is 22.6 Å². The number of aromatic nitrogens is 1. The van der Waals surface area contributed by atoms with Gasteiger partial charge in [-0.2, -0.15) is 4.31 Å². The van der Waals surface area contributed by atoms with Gasteiger partial charge in [0.25, 0.3) is 0 Å². The van der Waals surface area contributed by atoms with Gasteiger partial charge in [0.05, 0.1) is 10.4 Å². The summed E-state index contributed by atoms with van der Waals surface area (Å²) in [5, 5.41) is 0.723. The van der Waals surface area contributed by atoms with Gasteiger partial charge in [-0.15, -0.1) is 0 Å². The van der Waals surface area contributed by atoms with Gasteiger partial charge < -0.3 is 0 Å². The second kappa shape index (κ2) is 5.54. The van der Waals surface area contributed by atoms with E-state index >= 15 is 0 Å². The first-order valence-corrected chi connectivity index (χ1v) is 9.60. The third-order valence-electron chi connectivity index (χ3n) is 5.10. The predicted octanol–water partition coefficient (Wildman–Crippen LogP) is 2.01. The molecule has 0 saturated carbocycles. The van der Waals surface area contributed by atoms with E-state index in [0.29, 0.717) is 24.0 Å². The molecular formula is C17H21N3O2S. The van der Waals surface area contributed by atoms with Crippen molar-refractivity contribution in [1.82, 2.24) is 14.2 Å². The summed E-state index contributed by atoms with van der Waals surface area (Å²) in [5.41, 5.74) is 1.77. The van der Waals surface area contributed by atoms with Crippen molar-refractivity contribution >= 4 is 20.9 Å². The molecule has 1 aromatic heterocycles. The molecule has 1 aromatic carbocycles. The van der Waals surface area contributed by atoms with Crippen LogP contribution in [-0.4, -0.2) is 54.8 Å². The van der Waals surface area contributed by atoms with Crippen LogP contribution < -0.4 is 0 Å². The number of benzene rings is 1. The Morgan fingerprint density at radius 2 is 2.04 bits per heavy atom. The summed E-state index contributed by atoms with van der Waals surface area (Å²) in [4.78, 5) is 7.17. The van der Waals surface area contributed by atoms with Gasteiger partial charge in [0, 0.05) is 37.3 Å². The molecular weight excluding hydrogens is 310 g/mol. The lowest BCUT2D eigenvalue weighted by Gasteiger charge is -2.36. The van der Waals surface area contributed by atoms with E-state index in [4.69, 9.17) is 0 Å². The highest BCUT2D eigenvalue weighted by Gasteiger charge is 2.36. The van der Waals surface area contributed by atoms with Gasteiger partial charge in [0.15, 0.2) is 0 Å². The van der Waals surface area contributed by atoms with Crippen LogP contribution in [0.15, 0.2) is 35.4 Å². The molecule has 0 unspecified atom stereocenters. The van der Waals surface area contributed by atoms with Crippen LogP contribution in [0.2, 0.25) is 0 Å². The zero-order valence-electron chi connectivity index (χ0n) is 13.3. The molecule has 4 rings (SSSR count). The molecule has 0 spiro atoms.